The van der Waals surface area contributed by atoms with Crippen molar-refractivity contribution >= 4 is 22.9 Å². The van der Waals surface area contributed by atoms with E-state index in [0.29, 0.717) is 11.3 Å². The van der Waals surface area contributed by atoms with Crippen molar-refractivity contribution in [2.75, 3.05) is 11.9 Å². The first-order chi connectivity index (χ1) is 10.1. The lowest BCUT2D eigenvalue weighted by atomic mass is 10.1. The molecule has 0 aliphatic carbocycles. The van der Waals surface area contributed by atoms with Gasteiger partial charge in [0.1, 0.15) is 5.82 Å². The summed E-state index contributed by atoms with van der Waals surface area (Å²) in [5, 5.41) is 15.1. The monoisotopic (exact) mass is 303 g/mol. The molecule has 3 nitrogen and oxygen atoms in total. The third kappa shape index (κ3) is 3.91. The summed E-state index contributed by atoms with van der Waals surface area (Å²) in [4.78, 5) is 12.1. The zero-order chi connectivity index (χ0) is 15.2. The van der Waals surface area contributed by atoms with E-state index in [1.807, 2.05) is 12.3 Å². The number of hydrogen-bond acceptors (Lipinski definition) is 3. The lowest BCUT2D eigenvalue weighted by Crippen LogP contribution is -2.12. The molecular formula is C16H14FNO2S. The summed E-state index contributed by atoms with van der Waals surface area (Å²) in [6.07, 6.45) is 0.282. The van der Waals surface area contributed by atoms with Crippen LogP contribution < -0.4 is 5.32 Å². The first kappa shape index (κ1) is 15.2. The summed E-state index contributed by atoms with van der Waals surface area (Å²) < 4.78 is 13.6. The molecule has 1 aromatic heterocycles. The molecule has 0 saturated heterocycles. The maximum atomic E-state index is 13.6. The Morgan fingerprint density at radius 3 is 2.90 bits per heavy atom. The van der Waals surface area contributed by atoms with Gasteiger partial charge in [-0.25, -0.2) is 4.39 Å². The van der Waals surface area contributed by atoms with E-state index >= 15 is 0 Å². The lowest BCUT2D eigenvalue weighted by molar-refractivity contribution is 0.102. The zero-order valence-electron chi connectivity index (χ0n) is 11.4. The van der Waals surface area contributed by atoms with Gasteiger partial charge in [-0.15, -0.1) is 0 Å². The number of amides is 1. The maximum absolute atomic E-state index is 13.6. The summed E-state index contributed by atoms with van der Waals surface area (Å²) in [5.74, 6) is 4.62. The van der Waals surface area contributed by atoms with Crippen LogP contribution in [-0.4, -0.2) is 17.6 Å². The minimum atomic E-state index is -0.454. The molecule has 2 rings (SSSR count). The van der Waals surface area contributed by atoms with Crippen molar-refractivity contribution < 1.29 is 14.3 Å². The molecular weight excluding hydrogens is 289 g/mol. The van der Waals surface area contributed by atoms with Crippen LogP contribution in [0.3, 0.4) is 0 Å². The Bertz CT molecular complexity index is 713. The van der Waals surface area contributed by atoms with Crippen LogP contribution in [0.15, 0.2) is 29.0 Å². The van der Waals surface area contributed by atoms with Crippen molar-refractivity contribution in [2.24, 2.45) is 0 Å². The Hall–Kier alpha value is -2.16. The van der Waals surface area contributed by atoms with E-state index in [-0.39, 0.29) is 24.5 Å². The highest BCUT2D eigenvalue weighted by Gasteiger charge is 2.11. The average molecular weight is 303 g/mol. The predicted octanol–water partition coefficient (Wildman–Crippen LogP) is 3.18. The maximum Gasteiger partial charge on any atom is 0.256 e. The van der Waals surface area contributed by atoms with E-state index < -0.39 is 5.82 Å². The van der Waals surface area contributed by atoms with Gasteiger partial charge in [0.2, 0.25) is 0 Å². The number of aliphatic hydroxyl groups excluding tert-OH is 1. The molecule has 2 N–H and O–H groups in total. The van der Waals surface area contributed by atoms with E-state index in [1.165, 1.54) is 29.5 Å². The number of aryl methyl sites for hydroxylation is 1. The highest BCUT2D eigenvalue weighted by atomic mass is 32.1. The van der Waals surface area contributed by atoms with Crippen molar-refractivity contribution in [1.82, 2.24) is 0 Å². The second-order valence-electron chi connectivity index (χ2n) is 4.39. The smallest absolute Gasteiger partial charge is 0.256 e. The van der Waals surface area contributed by atoms with Gasteiger partial charge in [0.25, 0.3) is 5.91 Å². The van der Waals surface area contributed by atoms with Gasteiger partial charge in [-0.05, 0) is 36.1 Å². The van der Waals surface area contributed by atoms with Gasteiger partial charge in [0.05, 0.1) is 17.7 Å². The van der Waals surface area contributed by atoms with Crippen molar-refractivity contribution in [3.63, 3.8) is 0 Å². The second kappa shape index (κ2) is 7.02. The fourth-order valence-corrected chi connectivity index (χ4v) is 2.53. The molecule has 0 atom stereocenters. The van der Waals surface area contributed by atoms with Gasteiger partial charge in [-0.2, -0.15) is 11.3 Å². The predicted molar refractivity (Wildman–Crippen MR) is 82.0 cm³/mol. The Balaban J connectivity index is 2.18. The van der Waals surface area contributed by atoms with Gasteiger partial charge in [0, 0.05) is 17.5 Å². The molecule has 1 heterocycles. The number of nitrogens with one attached hydrogen (secondary N) is 1. The van der Waals surface area contributed by atoms with Crippen molar-refractivity contribution in [1.29, 1.82) is 0 Å². The molecule has 108 valence electrons. The van der Waals surface area contributed by atoms with Gasteiger partial charge >= 0.3 is 0 Å². The number of benzene rings is 1. The SMILES string of the molecule is Cc1cscc1C(=O)Nc1ccc(F)c(C#CCCO)c1. The average Bonchev–Trinajstić information content (AvgIpc) is 2.89. The number of carbonyl (C=O) groups excluding carboxylic acids is 1. The Labute approximate surface area is 126 Å². The van der Waals surface area contributed by atoms with E-state index in [2.05, 4.69) is 17.2 Å². The fourth-order valence-electron chi connectivity index (χ4n) is 1.70. The number of rotatable bonds is 3. The number of hydrogen-bond donors (Lipinski definition) is 2. The van der Waals surface area contributed by atoms with E-state index in [9.17, 15) is 9.18 Å². The Kier molecular flexibility index (Phi) is 5.09. The first-order valence-electron chi connectivity index (χ1n) is 6.35. The van der Waals surface area contributed by atoms with Crippen LogP contribution >= 0.6 is 11.3 Å². The molecule has 0 bridgehead atoms. The molecule has 1 aromatic carbocycles. The van der Waals surface area contributed by atoms with Crippen molar-refractivity contribution in [3.05, 3.63) is 51.5 Å². The molecule has 0 aliphatic heterocycles. The van der Waals surface area contributed by atoms with Crippen LogP contribution in [0.1, 0.15) is 27.9 Å². The standard InChI is InChI=1S/C16H14FNO2S/c1-11-9-21-10-14(11)16(20)18-13-5-6-15(17)12(8-13)4-2-3-7-19/h5-6,8-10,19H,3,7H2,1H3,(H,18,20). The van der Waals surface area contributed by atoms with Crippen LogP contribution in [0.2, 0.25) is 0 Å². The first-order valence-corrected chi connectivity index (χ1v) is 7.29. The lowest BCUT2D eigenvalue weighted by Gasteiger charge is -2.06. The molecule has 0 spiro atoms. The number of anilines is 1. The van der Waals surface area contributed by atoms with Crippen LogP contribution in [0, 0.1) is 24.6 Å². The topological polar surface area (TPSA) is 49.3 Å². The number of halogens is 1. The zero-order valence-corrected chi connectivity index (χ0v) is 12.3. The minimum Gasteiger partial charge on any atom is -0.395 e. The summed E-state index contributed by atoms with van der Waals surface area (Å²) in [5.41, 5.74) is 2.20. The van der Waals surface area contributed by atoms with Crippen LogP contribution in [0.4, 0.5) is 10.1 Å². The van der Waals surface area contributed by atoms with Gasteiger partial charge in [-0.1, -0.05) is 11.8 Å². The number of carbonyl (C=O) groups is 1. The quantitative estimate of drug-likeness (QED) is 0.856. The van der Waals surface area contributed by atoms with Gasteiger partial charge in [-0.3, -0.25) is 4.79 Å². The van der Waals surface area contributed by atoms with E-state index in [0.717, 1.165) is 5.56 Å². The summed E-state index contributed by atoms with van der Waals surface area (Å²) in [7, 11) is 0. The van der Waals surface area contributed by atoms with Crippen LogP contribution in [0.25, 0.3) is 0 Å². The number of aliphatic hydroxyl groups is 1. The molecule has 0 unspecified atom stereocenters. The minimum absolute atomic E-state index is 0.0670. The van der Waals surface area contributed by atoms with Crippen LogP contribution in [-0.2, 0) is 0 Å². The normalized spacial score (nSPS) is 9.86. The third-order valence-corrected chi connectivity index (χ3v) is 3.65. The van der Waals surface area contributed by atoms with E-state index in [1.54, 1.807) is 5.38 Å². The van der Waals surface area contributed by atoms with Gasteiger partial charge in [0.15, 0.2) is 0 Å². The largest absolute Gasteiger partial charge is 0.395 e. The van der Waals surface area contributed by atoms with E-state index in [4.69, 9.17) is 5.11 Å². The molecule has 5 heteroatoms. The number of thiophene rings is 1. The van der Waals surface area contributed by atoms with Crippen molar-refractivity contribution in [2.45, 2.75) is 13.3 Å². The Morgan fingerprint density at radius 2 is 2.24 bits per heavy atom. The van der Waals surface area contributed by atoms with Gasteiger partial charge < -0.3 is 10.4 Å². The molecule has 1 amide bonds. The fraction of sp³-hybridized carbons (Fsp3) is 0.188. The summed E-state index contributed by atoms with van der Waals surface area (Å²) in [6.45, 7) is 1.80. The van der Waals surface area contributed by atoms with Crippen molar-refractivity contribution in [3.8, 4) is 11.8 Å². The third-order valence-electron chi connectivity index (χ3n) is 2.78. The van der Waals surface area contributed by atoms with Crippen LogP contribution in [0.5, 0.6) is 0 Å². The molecule has 0 fully saturated rings. The summed E-state index contributed by atoms with van der Waals surface area (Å²) >= 11 is 1.46. The molecule has 2 aromatic rings. The highest BCUT2D eigenvalue weighted by Crippen LogP contribution is 2.18. The molecule has 21 heavy (non-hydrogen) atoms. The molecule has 0 saturated carbocycles. The molecule has 0 radical (unpaired) electrons. The Morgan fingerprint density at radius 1 is 1.43 bits per heavy atom. The second-order valence-corrected chi connectivity index (χ2v) is 5.14. The molecule has 0 aliphatic rings. The highest BCUT2D eigenvalue weighted by molar-refractivity contribution is 7.08. The summed E-state index contributed by atoms with van der Waals surface area (Å²) in [6, 6.07) is 4.24.